The smallest absolute Gasteiger partial charge is 0.257 e. The van der Waals surface area contributed by atoms with Gasteiger partial charge in [-0.3, -0.25) is 4.79 Å². The van der Waals surface area contributed by atoms with Gasteiger partial charge in [-0.15, -0.1) is 0 Å². The molecule has 0 radical (unpaired) electrons. The van der Waals surface area contributed by atoms with E-state index < -0.39 is 0 Å². The Hall–Kier alpha value is -3.55. The number of hydrogen-bond donors (Lipinski definition) is 0. The molecule has 0 N–H and O–H groups in total. The van der Waals surface area contributed by atoms with Gasteiger partial charge in [-0.25, -0.2) is 0 Å². The first kappa shape index (κ1) is 18.8. The molecule has 1 fully saturated rings. The van der Waals surface area contributed by atoms with Crippen molar-refractivity contribution in [3.8, 4) is 28.6 Å². The van der Waals surface area contributed by atoms with E-state index in [1.165, 1.54) is 7.11 Å². The first-order valence-electron chi connectivity index (χ1n) is 9.13. The van der Waals surface area contributed by atoms with Gasteiger partial charge in [0, 0.05) is 19.2 Å². The zero-order chi connectivity index (χ0) is 20.4. The average Bonchev–Trinajstić information content (AvgIpc) is 3.21. The Bertz CT molecular complexity index is 1030. The van der Waals surface area contributed by atoms with E-state index >= 15 is 0 Å². The van der Waals surface area contributed by atoms with Gasteiger partial charge in [0.1, 0.15) is 17.2 Å². The molecule has 1 aliphatic heterocycles. The fourth-order valence-electron chi connectivity index (χ4n) is 3.29. The number of carbonyl (C=O) groups excluding carboxylic acids is 1. The van der Waals surface area contributed by atoms with Crippen LogP contribution in [0, 0.1) is 0 Å². The average molecular weight is 395 g/mol. The second-order valence-corrected chi connectivity index (χ2v) is 6.63. The Morgan fingerprint density at radius 2 is 1.79 bits per heavy atom. The molecular formula is C21H21N3O5. The third-order valence-corrected chi connectivity index (χ3v) is 4.95. The number of nitrogens with zero attached hydrogens (tertiary/aromatic N) is 3. The molecule has 2 heterocycles. The van der Waals surface area contributed by atoms with Crippen LogP contribution in [-0.2, 0) is 0 Å². The normalized spacial score (nSPS) is 13.7. The fraction of sp³-hybridized carbons (Fsp3) is 0.286. The van der Waals surface area contributed by atoms with Gasteiger partial charge >= 0.3 is 0 Å². The van der Waals surface area contributed by atoms with Crippen molar-refractivity contribution < 1.29 is 23.5 Å². The standard InChI is InChI=1S/C21H21N3O5/c1-26-14-8-9-16(18(10-14)28-3)21(25)24-11-13(12-24)20-22-19(23-29-20)15-6-4-5-7-17(15)27-2/h4-10,13H,11-12H2,1-3H3. The van der Waals surface area contributed by atoms with Crippen LogP contribution < -0.4 is 14.2 Å². The van der Waals surface area contributed by atoms with E-state index in [1.807, 2.05) is 24.3 Å². The van der Waals surface area contributed by atoms with Gasteiger partial charge in [0.05, 0.1) is 38.4 Å². The number of ether oxygens (including phenoxy) is 3. The van der Waals surface area contributed by atoms with Crippen molar-refractivity contribution in [1.82, 2.24) is 15.0 Å². The van der Waals surface area contributed by atoms with Crippen molar-refractivity contribution in [1.29, 1.82) is 0 Å². The SMILES string of the molecule is COc1ccc(C(=O)N2CC(c3nc(-c4ccccc4OC)no3)C2)c(OC)c1. The van der Waals surface area contributed by atoms with Crippen LogP contribution in [0.3, 0.4) is 0 Å². The van der Waals surface area contributed by atoms with Crippen molar-refractivity contribution >= 4 is 5.91 Å². The predicted octanol–water partition coefficient (Wildman–Crippen LogP) is 3.00. The summed E-state index contributed by atoms with van der Waals surface area (Å²) in [6, 6.07) is 12.6. The maximum Gasteiger partial charge on any atom is 0.257 e. The van der Waals surface area contributed by atoms with Crippen molar-refractivity contribution in [3.63, 3.8) is 0 Å². The highest BCUT2D eigenvalue weighted by Crippen LogP contribution is 2.33. The van der Waals surface area contributed by atoms with Gasteiger partial charge in [0.25, 0.3) is 5.91 Å². The summed E-state index contributed by atoms with van der Waals surface area (Å²) in [6.45, 7) is 1.00. The van der Waals surface area contributed by atoms with Gasteiger partial charge in [0.2, 0.25) is 11.7 Å². The van der Waals surface area contributed by atoms with Gasteiger partial charge in [-0.1, -0.05) is 17.3 Å². The minimum absolute atomic E-state index is 0.000787. The Morgan fingerprint density at radius 1 is 1.03 bits per heavy atom. The molecule has 1 amide bonds. The molecule has 0 unspecified atom stereocenters. The Morgan fingerprint density at radius 3 is 2.52 bits per heavy atom. The number of likely N-dealkylation sites (tertiary alicyclic amines) is 1. The number of aromatic nitrogens is 2. The third-order valence-electron chi connectivity index (χ3n) is 4.95. The Balaban J connectivity index is 1.46. The summed E-state index contributed by atoms with van der Waals surface area (Å²) in [4.78, 5) is 19.0. The first-order valence-corrected chi connectivity index (χ1v) is 9.13. The maximum absolute atomic E-state index is 12.8. The molecule has 4 rings (SSSR count). The molecule has 0 aliphatic carbocycles. The number of amides is 1. The molecule has 8 nitrogen and oxygen atoms in total. The molecule has 1 saturated heterocycles. The van der Waals surface area contributed by atoms with Crippen molar-refractivity contribution in [2.24, 2.45) is 0 Å². The van der Waals surface area contributed by atoms with Crippen LogP contribution >= 0.6 is 0 Å². The van der Waals surface area contributed by atoms with Crippen molar-refractivity contribution in [2.75, 3.05) is 34.4 Å². The number of benzene rings is 2. The van der Waals surface area contributed by atoms with Crippen LogP contribution in [0.2, 0.25) is 0 Å². The van der Waals surface area contributed by atoms with E-state index in [4.69, 9.17) is 18.7 Å². The van der Waals surface area contributed by atoms with E-state index in [0.29, 0.717) is 47.6 Å². The zero-order valence-electron chi connectivity index (χ0n) is 16.4. The predicted molar refractivity (Wildman–Crippen MR) is 104 cm³/mol. The van der Waals surface area contributed by atoms with Crippen molar-refractivity contribution in [3.05, 3.63) is 53.9 Å². The molecule has 0 bridgehead atoms. The quantitative estimate of drug-likeness (QED) is 0.634. The van der Waals surface area contributed by atoms with Crippen LogP contribution in [0.4, 0.5) is 0 Å². The number of hydrogen-bond acceptors (Lipinski definition) is 7. The molecule has 29 heavy (non-hydrogen) atoms. The maximum atomic E-state index is 12.8. The summed E-state index contributed by atoms with van der Waals surface area (Å²) in [5.41, 5.74) is 1.26. The van der Waals surface area contributed by atoms with Gasteiger partial charge in [-0.05, 0) is 24.3 Å². The summed E-state index contributed by atoms with van der Waals surface area (Å²) >= 11 is 0. The van der Waals surface area contributed by atoms with Crippen LogP contribution in [0.1, 0.15) is 22.2 Å². The number of methoxy groups -OCH3 is 3. The van der Waals surface area contributed by atoms with E-state index in [1.54, 1.807) is 37.3 Å². The first-order chi connectivity index (χ1) is 14.1. The van der Waals surface area contributed by atoms with Crippen molar-refractivity contribution in [2.45, 2.75) is 5.92 Å². The molecule has 1 aromatic heterocycles. The van der Waals surface area contributed by atoms with Crippen LogP contribution in [0.25, 0.3) is 11.4 Å². The molecule has 0 spiro atoms. The second-order valence-electron chi connectivity index (χ2n) is 6.63. The van der Waals surface area contributed by atoms with E-state index in [9.17, 15) is 4.79 Å². The lowest BCUT2D eigenvalue weighted by molar-refractivity contribution is 0.0566. The van der Waals surface area contributed by atoms with Crippen LogP contribution in [0.15, 0.2) is 47.0 Å². The highest BCUT2D eigenvalue weighted by molar-refractivity contribution is 5.97. The summed E-state index contributed by atoms with van der Waals surface area (Å²) in [5, 5.41) is 4.07. The number of carbonyl (C=O) groups is 1. The summed E-state index contributed by atoms with van der Waals surface area (Å²) in [5.74, 6) is 2.67. The Kier molecular flexibility index (Phi) is 5.07. The lowest BCUT2D eigenvalue weighted by atomic mass is 9.98. The second kappa shape index (κ2) is 7.83. The summed E-state index contributed by atoms with van der Waals surface area (Å²) < 4.78 is 21.3. The molecule has 2 aromatic carbocycles. The summed E-state index contributed by atoms with van der Waals surface area (Å²) in [7, 11) is 4.70. The fourth-order valence-corrected chi connectivity index (χ4v) is 3.29. The van der Waals surface area contributed by atoms with Gasteiger partial charge in [0.15, 0.2) is 0 Å². The third kappa shape index (κ3) is 3.49. The molecule has 0 saturated carbocycles. The van der Waals surface area contributed by atoms with E-state index in [0.717, 1.165) is 5.56 Å². The number of rotatable bonds is 6. The Labute approximate surface area is 168 Å². The number of para-hydroxylation sites is 1. The van der Waals surface area contributed by atoms with Gasteiger partial charge < -0.3 is 23.6 Å². The topological polar surface area (TPSA) is 86.9 Å². The van der Waals surface area contributed by atoms with Crippen LogP contribution in [0.5, 0.6) is 17.2 Å². The molecule has 8 heteroatoms. The summed E-state index contributed by atoms with van der Waals surface area (Å²) in [6.07, 6.45) is 0. The molecule has 150 valence electrons. The van der Waals surface area contributed by atoms with E-state index in [2.05, 4.69) is 10.1 Å². The highest BCUT2D eigenvalue weighted by Gasteiger charge is 2.37. The van der Waals surface area contributed by atoms with Gasteiger partial charge in [-0.2, -0.15) is 4.98 Å². The molecular weight excluding hydrogens is 374 g/mol. The molecule has 3 aromatic rings. The largest absolute Gasteiger partial charge is 0.497 e. The lowest BCUT2D eigenvalue weighted by Crippen LogP contribution is -2.48. The van der Waals surface area contributed by atoms with E-state index in [-0.39, 0.29) is 11.8 Å². The molecule has 1 aliphatic rings. The molecule has 0 atom stereocenters. The monoisotopic (exact) mass is 395 g/mol. The van der Waals surface area contributed by atoms with Crippen LogP contribution in [-0.4, -0.2) is 55.4 Å². The minimum atomic E-state index is -0.106. The zero-order valence-corrected chi connectivity index (χ0v) is 16.4. The minimum Gasteiger partial charge on any atom is -0.497 e. The lowest BCUT2D eigenvalue weighted by Gasteiger charge is -2.37. The highest BCUT2D eigenvalue weighted by atomic mass is 16.5.